The van der Waals surface area contributed by atoms with Gasteiger partial charge in [0.2, 0.25) is 10.0 Å². The van der Waals surface area contributed by atoms with Crippen LogP contribution in [0.5, 0.6) is 0 Å². The van der Waals surface area contributed by atoms with Crippen LogP contribution in [0.25, 0.3) is 0 Å². The zero-order chi connectivity index (χ0) is 13.6. The van der Waals surface area contributed by atoms with E-state index >= 15 is 0 Å². The fraction of sp³-hybridized carbons (Fsp3) is 0.455. The van der Waals surface area contributed by atoms with Gasteiger partial charge >= 0.3 is 0 Å². The Morgan fingerprint density at radius 1 is 1.22 bits per heavy atom. The first-order valence-electron chi connectivity index (χ1n) is 5.56. The van der Waals surface area contributed by atoms with Gasteiger partial charge in [-0.2, -0.15) is 0 Å². The lowest BCUT2D eigenvalue weighted by Crippen LogP contribution is -2.26. The van der Waals surface area contributed by atoms with Gasteiger partial charge in [-0.25, -0.2) is 21.9 Å². The third kappa shape index (κ3) is 5.07. The summed E-state index contributed by atoms with van der Waals surface area (Å²) in [4.78, 5) is 0. The van der Waals surface area contributed by atoms with E-state index < -0.39 is 21.7 Å². The van der Waals surface area contributed by atoms with Gasteiger partial charge in [-0.15, -0.1) is 0 Å². The van der Waals surface area contributed by atoms with Gasteiger partial charge in [0.1, 0.15) is 11.6 Å². The largest absolute Gasteiger partial charge is 0.330 e. The summed E-state index contributed by atoms with van der Waals surface area (Å²) in [6.45, 7) is 0.169. The molecule has 4 nitrogen and oxygen atoms in total. The average molecular weight is 278 g/mol. The van der Waals surface area contributed by atoms with Crippen molar-refractivity contribution in [2.75, 3.05) is 12.3 Å². The van der Waals surface area contributed by atoms with Crippen molar-refractivity contribution in [2.24, 2.45) is 5.73 Å². The minimum absolute atomic E-state index is 0.0163. The van der Waals surface area contributed by atoms with Crippen molar-refractivity contribution >= 4 is 10.0 Å². The molecule has 1 aromatic rings. The summed E-state index contributed by atoms with van der Waals surface area (Å²) >= 11 is 0. The molecule has 0 amide bonds. The maximum Gasteiger partial charge on any atom is 0.211 e. The zero-order valence-corrected chi connectivity index (χ0v) is 10.6. The molecule has 102 valence electrons. The molecule has 0 bridgehead atoms. The molecule has 1 aromatic carbocycles. The van der Waals surface area contributed by atoms with Crippen LogP contribution in [0, 0.1) is 11.6 Å². The van der Waals surface area contributed by atoms with E-state index in [1.54, 1.807) is 0 Å². The molecule has 0 saturated carbocycles. The van der Waals surface area contributed by atoms with Crippen molar-refractivity contribution in [3.63, 3.8) is 0 Å². The second-order valence-electron chi connectivity index (χ2n) is 3.87. The van der Waals surface area contributed by atoms with E-state index in [-0.39, 0.29) is 17.9 Å². The topological polar surface area (TPSA) is 72.2 Å². The number of benzene rings is 1. The maximum absolute atomic E-state index is 13.2. The molecular weight excluding hydrogens is 262 g/mol. The molecule has 0 unspecified atom stereocenters. The van der Waals surface area contributed by atoms with Crippen molar-refractivity contribution in [1.82, 2.24) is 4.72 Å². The Bertz CT molecular complexity index is 492. The van der Waals surface area contributed by atoms with Gasteiger partial charge in [-0.05, 0) is 37.6 Å². The number of hydrogen-bond donors (Lipinski definition) is 2. The van der Waals surface area contributed by atoms with Gasteiger partial charge in [-0.1, -0.05) is 0 Å². The van der Waals surface area contributed by atoms with Gasteiger partial charge in [0.15, 0.2) is 0 Å². The van der Waals surface area contributed by atoms with E-state index in [0.29, 0.717) is 19.4 Å². The van der Waals surface area contributed by atoms with Gasteiger partial charge < -0.3 is 5.73 Å². The van der Waals surface area contributed by atoms with Crippen LogP contribution in [0.1, 0.15) is 18.4 Å². The molecule has 18 heavy (non-hydrogen) atoms. The summed E-state index contributed by atoms with van der Waals surface area (Å²) in [5.74, 6) is -1.31. The van der Waals surface area contributed by atoms with E-state index in [0.717, 1.165) is 18.2 Å². The van der Waals surface area contributed by atoms with Crippen molar-refractivity contribution in [3.05, 3.63) is 35.4 Å². The van der Waals surface area contributed by atoms with Gasteiger partial charge in [0.05, 0.1) is 5.75 Å². The number of nitrogens with two attached hydrogens (primary N) is 1. The third-order valence-corrected chi connectivity index (χ3v) is 3.77. The number of hydrogen-bond acceptors (Lipinski definition) is 3. The zero-order valence-electron chi connectivity index (χ0n) is 9.83. The first-order valence-corrected chi connectivity index (χ1v) is 7.21. The second kappa shape index (κ2) is 6.77. The molecule has 0 fully saturated rings. The van der Waals surface area contributed by atoms with E-state index in [4.69, 9.17) is 5.73 Å². The first-order chi connectivity index (χ1) is 8.44. The number of sulfonamides is 1. The normalized spacial score (nSPS) is 11.7. The van der Waals surface area contributed by atoms with Gasteiger partial charge in [0.25, 0.3) is 0 Å². The SMILES string of the molecule is NCCCCS(=O)(=O)NCc1cc(F)ccc1F. The highest BCUT2D eigenvalue weighted by Crippen LogP contribution is 2.09. The molecule has 7 heteroatoms. The van der Waals surface area contributed by atoms with E-state index in [9.17, 15) is 17.2 Å². The summed E-state index contributed by atoms with van der Waals surface area (Å²) in [5, 5.41) is 0. The Labute approximate surface area is 105 Å². The Morgan fingerprint density at radius 3 is 2.61 bits per heavy atom. The molecule has 0 aliphatic rings. The monoisotopic (exact) mass is 278 g/mol. The average Bonchev–Trinajstić information content (AvgIpc) is 2.31. The lowest BCUT2D eigenvalue weighted by molar-refractivity contribution is 0.564. The molecule has 0 aliphatic heterocycles. The summed E-state index contributed by atoms with van der Waals surface area (Å²) in [7, 11) is -3.48. The fourth-order valence-electron chi connectivity index (χ4n) is 1.38. The maximum atomic E-state index is 13.2. The molecule has 0 heterocycles. The Kier molecular flexibility index (Phi) is 5.64. The molecule has 3 N–H and O–H groups in total. The van der Waals surface area contributed by atoms with Crippen LogP contribution in [-0.2, 0) is 16.6 Å². The van der Waals surface area contributed by atoms with E-state index in [1.807, 2.05) is 0 Å². The Morgan fingerprint density at radius 2 is 1.94 bits per heavy atom. The van der Waals surface area contributed by atoms with Crippen LogP contribution in [0.15, 0.2) is 18.2 Å². The molecule has 0 spiro atoms. The minimum atomic E-state index is -3.48. The van der Waals surface area contributed by atoms with Crippen LogP contribution in [0.3, 0.4) is 0 Å². The van der Waals surface area contributed by atoms with Gasteiger partial charge in [-0.3, -0.25) is 0 Å². The van der Waals surface area contributed by atoms with Crippen molar-refractivity contribution < 1.29 is 17.2 Å². The van der Waals surface area contributed by atoms with Crippen molar-refractivity contribution in [2.45, 2.75) is 19.4 Å². The summed E-state index contributed by atoms with van der Waals surface area (Å²) < 4.78 is 51.3. The van der Waals surface area contributed by atoms with Crippen molar-refractivity contribution in [3.8, 4) is 0 Å². The fourth-order valence-corrected chi connectivity index (χ4v) is 2.48. The minimum Gasteiger partial charge on any atom is -0.330 e. The number of rotatable bonds is 7. The molecule has 0 atom stereocenters. The molecule has 0 aromatic heterocycles. The summed E-state index contributed by atoms with van der Waals surface area (Å²) in [6.07, 6.45) is 1.05. The highest BCUT2D eigenvalue weighted by molar-refractivity contribution is 7.89. The molecular formula is C11H16F2N2O2S. The molecule has 1 rings (SSSR count). The van der Waals surface area contributed by atoms with Gasteiger partial charge in [0, 0.05) is 12.1 Å². The smallest absolute Gasteiger partial charge is 0.211 e. The number of unbranched alkanes of at least 4 members (excludes halogenated alkanes) is 1. The quantitative estimate of drug-likeness (QED) is 0.734. The highest BCUT2D eigenvalue weighted by Gasteiger charge is 2.11. The second-order valence-corrected chi connectivity index (χ2v) is 5.80. The lowest BCUT2D eigenvalue weighted by Gasteiger charge is -2.07. The van der Waals surface area contributed by atoms with Crippen LogP contribution in [0.2, 0.25) is 0 Å². The molecule has 0 saturated heterocycles. The predicted octanol–water partition coefficient (Wildman–Crippen LogP) is 1.12. The highest BCUT2D eigenvalue weighted by atomic mass is 32.2. The van der Waals surface area contributed by atoms with Crippen LogP contribution >= 0.6 is 0 Å². The van der Waals surface area contributed by atoms with Crippen LogP contribution < -0.4 is 10.5 Å². The summed E-state index contributed by atoms with van der Waals surface area (Å²) in [5.41, 5.74) is 5.24. The van der Waals surface area contributed by atoms with Crippen LogP contribution in [-0.4, -0.2) is 20.7 Å². The number of halogens is 2. The number of nitrogens with one attached hydrogen (secondary N) is 1. The Balaban J connectivity index is 2.56. The van der Waals surface area contributed by atoms with Crippen molar-refractivity contribution in [1.29, 1.82) is 0 Å². The molecule has 0 radical (unpaired) electrons. The standard InChI is InChI=1S/C11H16F2N2O2S/c12-10-3-4-11(13)9(7-10)8-15-18(16,17)6-2-1-5-14/h3-4,7,15H,1-2,5-6,8,14H2. The Hall–Kier alpha value is -1.05. The van der Waals surface area contributed by atoms with Crippen LogP contribution in [0.4, 0.5) is 8.78 Å². The lowest BCUT2D eigenvalue weighted by atomic mass is 10.2. The summed E-state index contributed by atoms with van der Waals surface area (Å²) in [6, 6.07) is 2.92. The van der Waals surface area contributed by atoms with E-state index in [2.05, 4.69) is 4.72 Å². The van der Waals surface area contributed by atoms with E-state index in [1.165, 1.54) is 0 Å². The predicted molar refractivity (Wildman–Crippen MR) is 65.3 cm³/mol. The third-order valence-electron chi connectivity index (χ3n) is 2.36. The first kappa shape index (κ1) is 15.0. The molecule has 0 aliphatic carbocycles.